The molecular weight excluding hydrogens is 270 g/mol. The lowest BCUT2D eigenvalue weighted by atomic mass is 10.0. The van der Waals surface area contributed by atoms with Gasteiger partial charge in [-0.15, -0.1) is 5.10 Å². The molecule has 0 fully saturated rings. The van der Waals surface area contributed by atoms with Crippen LogP contribution in [0.4, 0.5) is 0 Å². The van der Waals surface area contributed by atoms with Crippen LogP contribution < -0.4 is 10.4 Å². The van der Waals surface area contributed by atoms with E-state index in [-0.39, 0.29) is 0 Å². The Morgan fingerprint density at radius 1 is 0.909 bits per heavy atom. The summed E-state index contributed by atoms with van der Waals surface area (Å²) in [4.78, 5) is 0. The summed E-state index contributed by atoms with van der Waals surface area (Å²) in [5.74, 6) is 0. The standard InChI is InChI=1S/C19H17N3/c1-2-6-15(7-3-1)14-22-19(13-20-21-22)18-11-10-16-8-4-5-9-17(16)12-18/h1-3,6-13H,4-5,14H2. The summed E-state index contributed by atoms with van der Waals surface area (Å²) in [6, 6.07) is 17.0. The van der Waals surface area contributed by atoms with Gasteiger partial charge in [0.2, 0.25) is 0 Å². The molecule has 0 N–H and O–H groups in total. The Hall–Kier alpha value is -2.68. The highest BCUT2D eigenvalue weighted by molar-refractivity contribution is 5.60. The Morgan fingerprint density at radius 2 is 1.73 bits per heavy atom. The van der Waals surface area contributed by atoms with Gasteiger partial charge in [0.05, 0.1) is 18.4 Å². The van der Waals surface area contributed by atoms with Gasteiger partial charge in [-0.25, -0.2) is 4.68 Å². The number of hydrogen-bond acceptors (Lipinski definition) is 2. The smallest absolute Gasteiger partial charge is 0.0889 e. The average Bonchev–Trinajstić information content (AvgIpc) is 3.03. The van der Waals surface area contributed by atoms with E-state index in [9.17, 15) is 0 Å². The predicted molar refractivity (Wildman–Crippen MR) is 88.4 cm³/mol. The van der Waals surface area contributed by atoms with Crippen LogP contribution in [-0.2, 0) is 6.54 Å². The van der Waals surface area contributed by atoms with Crippen molar-refractivity contribution >= 4 is 12.2 Å². The molecular formula is C19H17N3. The van der Waals surface area contributed by atoms with Crippen molar-refractivity contribution in [1.82, 2.24) is 15.0 Å². The fourth-order valence-corrected chi connectivity index (χ4v) is 2.93. The van der Waals surface area contributed by atoms with Crippen molar-refractivity contribution in [3.63, 3.8) is 0 Å². The molecule has 0 saturated heterocycles. The molecule has 1 aliphatic rings. The molecule has 4 rings (SSSR count). The van der Waals surface area contributed by atoms with Crippen molar-refractivity contribution in [2.24, 2.45) is 0 Å². The van der Waals surface area contributed by atoms with Gasteiger partial charge in [0.25, 0.3) is 0 Å². The van der Waals surface area contributed by atoms with E-state index in [0.29, 0.717) is 0 Å². The minimum absolute atomic E-state index is 0.739. The third-order valence-corrected chi connectivity index (χ3v) is 4.07. The van der Waals surface area contributed by atoms with Crippen LogP contribution in [0, 0.1) is 0 Å². The lowest BCUT2D eigenvalue weighted by molar-refractivity contribution is 0.655. The molecule has 1 aliphatic carbocycles. The van der Waals surface area contributed by atoms with E-state index in [2.05, 4.69) is 64.9 Å². The molecule has 0 amide bonds. The van der Waals surface area contributed by atoms with Gasteiger partial charge in [-0.1, -0.05) is 59.8 Å². The van der Waals surface area contributed by atoms with Gasteiger partial charge >= 0.3 is 0 Å². The first-order chi connectivity index (χ1) is 10.9. The van der Waals surface area contributed by atoms with Gasteiger partial charge in [-0.2, -0.15) is 0 Å². The zero-order valence-corrected chi connectivity index (χ0v) is 12.3. The maximum absolute atomic E-state index is 4.25. The first kappa shape index (κ1) is 13.0. The number of benzene rings is 2. The Balaban J connectivity index is 1.74. The molecule has 3 aromatic rings. The van der Waals surface area contributed by atoms with Crippen molar-refractivity contribution in [2.45, 2.75) is 19.4 Å². The van der Waals surface area contributed by atoms with Crippen LogP contribution in [0.15, 0.2) is 54.7 Å². The van der Waals surface area contributed by atoms with E-state index < -0.39 is 0 Å². The summed E-state index contributed by atoms with van der Waals surface area (Å²) in [5, 5.41) is 11.0. The van der Waals surface area contributed by atoms with Gasteiger partial charge < -0.3 is 0 Å². The molecule has 0 aliphatic heterocycles. The quantitative estimate of drug-likeness (QED) is 0.740. The molecule has 0 bridgehead atoms. The van der Waals surface area contributed by atoms with Gasteiger partial charge in [-0.3, -0.25) is 0 Å². The molecule has 1 heterocycles. The first-order valence-corrected chi connectivity index (χ1v) is 7.63. The lowest BCUT2D eigenvalue weighted by Crippen LogP contribution is -2.26. The lowest BCUT2D eigenvalue weighted by Gasteiger charge is -2.08. The van der Waals surface area contributed by atoms with Gasteiger partial charge in [0, 0.05) is 5.56 Å². The highest BCUT2D eigenvalue weighted by Gasteiger charge is 2.08. The van der Waals surface area contributed by atoms with E-state index >= 15 is 0 Å². The second-order valence-corrected chi connectivity index (χ2v) is 5.59. The van der Waals surface area contributed by atoms with E-state index in [1.54, 1.807) is 0 Å². The molecule has 0 atom stereocenters. The Morgan fingerprint density at radius 3 is 2.59 bits per heavy atom. The molecule has 2 aromatic carbocycles. The monoisotopic (exact) mass is 287 g/mol. The minimum Gasteiger partial charge on any atom is -0.240 e. The molecule has 3 nitrogen and oxygen atoms in total. The van der Waals surface area contributed by atoms with Gasteiger partial charge in [0.1, 0.15) is 0 Å². The van der Waals surface area contributed by atoms with Crippen molar-refractivity contribution in [2.75, 3.05) is 0 Å². The fraction of sp³-hybridized carbons (Fsp3) is 0.158. The van der Waals surface area contributed by atoms with E-state index in [1.165, 1.54) is 21.6 Å². The van der Waals surface area contributed by atoms with Crippen LogP contribution >= 0.6 is 0 Å². The molecule has 0 saturated carbocycles. The zero-order valence-electron chi connectivity index (χ0n) is 12.3. The Labute approximate surface area is 129 Å². The molecule has 0 spiro atoms. The third kappa shape index (κ3) is 2.46. The molecule has 0 unspecified atom stereocenters. The van der Waals surface area contributed by atoms with Crippen LogP contribution in [0.1, 0.15) is 18.4 Å². The first-order valence-electron chi connectivity index (χ1n) is 7.63. The maximum Gasteiger partial charge on any atom is 0.0889 e. The summed E-state index contributed by atoms with van der Waals surface area (Å²) in [5.41, 5.74) is 3.46. The summed E-state index contributed by atoms with van der Waals surface area (Å²) < 4.78 is 1.96. The minimum atomic E-state index is 0.739. The van der Waals surface area contributed by atoms with Crippen LogP contribution in [0.5, 0.6) is 0 Å². The van der Waals surface area contributed by atoms with Gasteiger partial charge in [0.15, 0.2) is 0 Å². The molecule has 22 heavy (non-hydrogen) atoms. The summed E-state index contributed by atoms with van der Waals surface area (Å²) >= 11 is 0. The fourth-order valence-electron chi connectivity index (χ4n) is 2.93. The SMILES string of the molecule is C1=c2ccc(-c3cnnn3Cc3ccccc3)cc2=CCC1. The third-order valence-electron chi connectivity index (χ3n) is 4.07. The summed E-state index contributed by atoms with van der Waals surface area (Å²) in [6.45, 7) is 0.739. The maximum atomic E-state index is 4.25. The normalized spacial score (nSPS) is 13.1. The number of hydrogen-bond donors (Lipinski definition) is 0. The largest absolute Gasteiger partial charge is 0.240 e. The number of aromatic nitrogens is 3. The van der Waals surface area contributed by atoms with Crippen LogP contribution in [-0.4, -0.2) is 15.0 Å². The van der Waals surface area contributed by atoms with E-state index in [1.807, 2.05) is 16.9 Å². The zero-order chi connectivity index (χ0) is 14.8. The molecule has 108 valence electrons. The number of nitrogens with zero attached hydrogens (tertiary/aromatic N) is 3. The molecule has 0 radical (unpaired) electrons. The second-order valence-electron chi connectivity index (χ2n) is 5.59. The highest BCUT2D eigenvalue weighted by Crippen LogP contribution is 2.17. The number of rotatable bonds is 3. The Kier molecular flexibility index (Phi) is 3.31. The van der Waals surface area contributed by atoms with Crippen molar-refractivity contribution < 1.29 is 0 Å². The van der Waals surface area contributed by atoms with Crippen molar-refractivity contribution in [3.05, 3.63) is 70.7 Å². The average molecular weight is 287 g/mol. The van der Waals surface area contributed by atoms with E-state index in [4.69, 9.17) is 0 Å². The van der Waals surface area contributed by atoms with Crippen molar-refractivity contribution in [1.29, 1.82) is 0 Å². The van der Waals surface area contributed by atoms with Crippen molar-refractivity contribution in [3.8, 4) is 11.3 Å². The van der Waals surface area contributed by atoms with Crippen LogP contribution in [0.2, 0.25) is 0 Å². The highest BCUT2D eigenvalue weighted by atomic mass is 15.4. The van der Waals surface area contributed by atoms with Gasteiger partial charge in [-0.05, 0) is 34.9 Å². The van der Waals surface area contributed by atoms with Crippen LogP contribution in [0.25, 0.3) is 23.4 Å². The predicted octanol–water partition coefficient (Wildman–Crippen LogP) is 2.35. The molecule has 3 heteroatoms. The topological polar surface area (TPSA) is 30.7 Å². The Bertz CT molecular complexity index is 907. The summed E-state index contributed by atoms with van der Waals surface area (Å²) in [7, 11) is 0. The second kappa shape index (κ2) is 5.60. The number of fused-ring (bicyclic) bond motifs is 1. The molecule has 1 aromatic heterocycles. The van der Waals surface area contributed by atoms with Crippen LogP contribution in [0.3, 0.4) is 0 Å². The summed E-state index contributed by atoms with van der Waals surface area (Å²) in [6.07, 6.45) is 8.72. The van der Waals surface area contributed by atoms with E-state index in [0.717, 1.165) is 25.1 Å².